The molecule has 2 atom stereocenters. The number of hydrogen-bond acceptors (Lipinski definition) is 2. The zero-order chi connectivity index (χ0) is 12.7. The summed E-state index contributed by atoms with van der Waals surface area (Å²) in [6.45, 7) is 9.01. The first-order chi connectivity index (χ1) is 8.09. The Morgan fingerprint density at radius 1 is 1.18 bits per heavy atom. The number of aliphatic hydroxyl groups is 1. The average molecular weight is 241 g/mol. The molecule has 1 aliphatic heterocycles. The van der Waals surface area contributed by atoms with E-state index in [1.807, 2.05) is 6.92 Å². The molecule has 0 amide bonds. The first-order valence-corrected chi connectivity index (χ1v) is 7.51. The van der Waals surface area contributed by atoms with Crippen LogP contribution >= 0.6 is 0 Å². The Morgan fingerprint density at radius 3 is 2.59 bits per heavy atom. The third-order valence-corrected chi connectivity index (χ3v) is 3.84. The highest BCUT2D eigenvalue weighted by atomic mass is 16.3. The second-order valence-electron chi connectivity index (χ2n) is 6.16. The Kier molecular flexibility index (Phi) is 7.14. The maximum atomic E-state index is 9.60. The van der Waals surface area contributed by atoms with E-state index < -0.39 is 0 Å². The molecule has 0 radical (unpaired) electrons. The minimum absolute atomic E-state index is 0.148. The van der Waals surface area contributed by atoms with Crippen molar-refractivity contribution in [1.82, 2.24) is 4.90 Å². The van der Waals surface area contributed by atoms with Crippen molar-refractivity contribution in [3.05, 3.63) is 0 Å². The molecule has 0 saturated carbocycles. The van der Waals surface area contributed by atoms with Crippen molar-refractivity contribution in [1.29, 1.82) is 0 Å². The first-order valence-electron chi connectivity index (χ1n) is 7.51. The fourth-order valence-corrected chi connectivity index (χ4v) is 2.89. The van der Waals surface area contributed by atoms with Gasteiger partial charge in [0.25, 0.3) is 0 Å². The molecule has 2 heteroatoms. The fourth-order valence-electron chi connectivity index (χ4n) is 2.89. The second-order valence-corrected chi connectivity index (χ2v) is 6.16. The Balaban J connectivity index is 2.38. The summed E-state index contributed by atoms with van der Waals surface area (Å²) in [6, 6.07) is 0.629. The molecule has 1 heterocycles. The number of nitrogens with zero attached hydrogens (tertiary/aromatic N) is 1. The van der Waals surface area contributed by atoms with Gasteiger partial charge in [-0.2, -0.15) is 0 Å². The Labute approximate surface area is 107 Å². The van der Waals surface area contributed by atoms with Crippen LogP contribution < -0.4 is 0 Å². The predicted octanol–water partition coefficient (Wildman–Crippen LogP) is 3.44. The van der Waals surface area contributed by atoms with Gasteiger partial charge in [-0.05, 0) is 58.0 Å². The molecule has 17 heavy (non-hydrogen) atoms. The molecule has 1 aliphatic rings. The van der Waals surface area contributed by atoms with Gasteiger partial charge < -0.3 is 10.0 Å². The fraction of sp³-hybridized carbons (Fsp3) is 1.00. The van der Waals surface area contributed by atoms with Crippen LogP contribution in [0.3, 0.4) is 0 Å². The van der Waals surface area contributed by atoms with E-state index in [0.29, 0.717) is 6.04 Å². The highest BCUT2D eigenvalue weighted by Crippen LogP contribution is 2.21. The van der Waals surface area contributed by atoms with E-state index in [1.165, 1.54) is 51.6 Å². The van der Waals surface area contributed by atoms with E-state index in [2.05, 4.69) is 18.7 Å². The van der Waals surface area contributed by atoms with Crippen LogP contribution in [0.5, 0.6) is 0 Å². The summed E-state index contributed by atoms with van der Waals surface area (Å²) in [7, 11) is 0. The molecule has 0 aliphatic carbocycles. The zero-order valence-electron chi connectivity index (χ0n) is 12.0. The molecule has 1 rings (SSSR count). The minimum Gasteiger partial charge on any atom is -0.393 e. The van der Waals surface area contributed by atoms with Crippen molar-refractivity contribution in [2.24, 2.45) is 5.92 Å². The Hall–Kier alpha value is -0.0800. The topological polar surface area (TPSA) is 23.5 Å². The quantitative estimate of drug-likeness (QED) is 0.770. The van der Waals surface area contributed by atoms with Gasteiger partial charge in [-0.3, -0.25) is 0 Å². The van der Waals surface area contributed by atoms with Crippen LogP contribution in [-0.2, 0) is 0 Å². The van der Waals surface area contributed by atoms with Crippen molar-refractivity contribution in [2.75, 3.05) is 13.1 Å². The lowest BCUT2D eigenvalue weighted by molar-refractivity contribution is 0.110. The maximum Gasteiger partial charge on any atom is 0.0527 e. The standard InChI is InChI=1S/C15H31NO/c1-13(2)8-7-11-16-10-6-4-5-9-15(16)12-14(3)17/h13-15,17H,4-12H2,1-3H3. The molecular formula is C15H31NO. The average Bonchev–Trinajstić information content (AvgIpc) is 2.43. The third kappa shape index (κ3) is 6.42. The van der Waals surface area contributed by atoms with Gasteiger partial charge in [0.05, 0.1) is 6.10 Å². The Bertz CT molecular complexity index is 191. The van der Waals surface area contributed by atoms with E-state index >= 15 is 0 Å². The smallest absolute Gasteiger partial charge is 0.0527 e. The maximum absolute atomic E-state index is 9.60. The molecule has 102 valence electrons. The summed E-state index contributed by atoms with van der Waals surface area (Å²) in [6.07, 6.45) is 8.80. The molecule has 0 aromatic carbocycles. The highest BCUT2D eigenvalue weighted by molar-refractivity contribution is 4.77. The van der Waals surface area contributed by atoms with Crippen LogP contribution in [0.15, 0.2) is 0 Å². The second kappa shape index (κ2) is 8.10. The van der Waals surface area contributed by atoms with Crippen LogP contribution in [0.25, 0.3) is 0 Å². The highest BCUT2D eigenvalue weighted by Gasteiger charge is 2.21. The van der Waals surface area contributed by atoms with Gasteiger partial charge >= 0.3 is 0 Å². The van der Waals surface area contributed by atoms with Crippen LogP contribution in [0.2, 0.25) is 0 Å². The summed E-state index contributed by atoms with van der Waals surface area (Å²) in [5.41, 5.74) is 0. The van der Waals surface area contributed by atoms with Gasteiger partial charge in [0.2, 0.25) is 0 Å². The van der Waals surface area contributed by atoms with Crippen LogP contribution in [0, 0.1) is 5.92 Å². The van der Waals surface area contributed by atoms with Crippen molar-refractivity contribution in [3.8, 4) is 0 Å². The number of aliphatic hydroxyl groups excluding tert-OH is 1. The SMILES string of the molecule is CC(C)CCCN1CCCCCC1CC(C)O. The van der Waals surface area contributed by atoms with Gasteiger partial charge in [-0.25, -0.2) is 0 Å². The molecule has 2 unspecified atom stereocenters. The van der Waals surface area contributed by atoms with Gasteiger partial charge in [-0.1, -0.05) is 26.7 Å². The van der Waals surface area contributed by atoms with E-state index in [9.17, 15) is 5.11 Å². The normalized spacial score (nSPS) is 24.9. The lowest BCUT2D eigenvalue weighted by Crippen LogP contribution is -2.37. The largest absolute Gasteiger partial charge is 0.393 e. The molecule has 0 aromatic rings. The lowest BCUT2D eigenvalue weighted by Gasteiger charge is -2.31. The number of rotatable bonds is 6. The lowest BCUT2D eigenvalue weighted by atomic mass is 10.0. The summed E-state index contributed by atoms with van der Waals surface area (Å²) in [5, 5.41) is 9.60. The summed E-state index contributed by atoms with van der Waals surface area (Å²) in [4.78, 5) is 2.64. The summed E-state index contributed by atoms with van der Waals surface area (Å²) >= 11 is 0. The molecule has 0 aromatic heterocycles. The van der Waals surface area contributed by atoms with Crippen LogP contribution in [0.1, 0.15) is 65.7 Å². The van der Waals surface area contributed by atoms with E-state index in [0.717, 1.165) is 12.3 Å². The summed E-state index contributed by atoms with van der Waals surface area (Å²) in [5.74, 6) is 0.817. The van der Waals surface area contributed by atoms with Crippen LogP contribution in [-0.4, -0.2) is 35.2 Å². The minimum atomic E-state index is -0.148. The Morgan fingerprint density at radius 2 is 1.94 bits per heavy atom. The molecule has 1 fully saturated rings. The number of likely N-dealkylation sites (tertiary alicyclic amines) is 1. The first kappa shape index (κ1) is 15.0. The van der Waals surface area contributed by atoms with Crippen molar-refractivity contribution < 1.29 is 5.11 Å². The molecule has 2 nitrogen and oxygen atoms in total. The molecule has 0 spiro atoms. The molecular weight excluding hydrogens is 210 g/mol. The van der Waals surface area contributed by atoms with Crippen molar-refractivity contribution in [2.45, 2.75) is 77.9 Å². The molecule has 0 bridgehead atoms. The van der Waals surface area contributed by atoms with Crippen LogP contribution in [0.4, 0.5) is 0 Å². The predicted molar refractivity (Wildman–Crippen MR) is 74.2 cm³/mol. The van der Waals surface area contributed by atoms with Crippen molar-refractivity contribution in [3.63, 3.8) is 0 Å². The van der Waals surface area contributed by atoms with Crippen molar-refractivity contribution >= 4 is 0 Å². The van der Waals surface area contributed by atoms with Gasteiger partial charge in [0.15, 0.2) is 0 Å². The van der Waals surface area contributed by atoms with E-state index in [1.54, 1.807) is 0 Å². The molecule has 1 saturated heterocycles. The third-order valence-electron chi connectivity index (χ3n) is 3.84. The molecule has 1 N–H and O–H groups in total. The monoisotopic (exact) mass is 241 g/mol. The van der Waals surface area contributed by atoms with E-state index in [4.69, 9.17) is 0 Å². The van der Waals surface area contributed by atoms with E-state index in [-0.39, 0.29) is 6.10 Å². The summed E-state index contributed by atoms with van der Waals surface area (Å²) < 4.78 is 0. The van der Waals surface area contributed by atoms with Gasteiger partial charge in [0.1, 0.15) is 0 Å². The number of hydrogen-bond donors (Lipinski definition) is 1. The van der Waals surface area contributed by atoms with Gasteiger partial charge in [0, 0.05) is 6.04 Å². The zero-order valence-corrected chi connectivity index (χ0v) is 12.0. The van der Waals surface area contributed by atoms with Gasteiger partial charge in [-0.15, -0.1) is 0 Å².